The van der Waals surface area contributed by atoms with Gasteiger partial charge in [0.15, 0.2) is 0 Å². The Hall–Kier alpha value is 0.480. The van der Waals surface area contributed by atoms with Gasteiger partial charge in [0, 0.05) is 0 Å². The minimum Gasteiger partial charge on any atom is -0.354 e. The third-order valence-electron chi connectivity index (χ3n) is 0.479. The van der Waals surface area contributed by atoms with Crippen molar-refractivity contribution in [2.75, 3.05) is 6.67 Å². The number of thiocarbonyl (C=S) groups is 2. The Morgan fingerprint density at radius 1 is 1.11 bits per heavy atom. The van der Waals surface area contributed by atoms with Crippen LogP contribution in [0.25, 0.3) is 0 Å². The third kappa shape index (κ3) is 8.48. The Labute approximate surface area is 75.6 Å². The van der Waals surface area contributed by atoms with E-state index in [4.69, 9.17) is 0 Å². The molecule has 0 fully saturated rings. The first-order chi connectivity index (χ1) is 4.13. The van der Waals surface area contributed by atoms with E-state index in [1.54, 1.807) is 0 Å². The Morgan fingerprint density at radius 2 is 1.44 bits per heavy atom. The van der Waals surface area contributed by atoms with Crippen LogP contribution in [0.3, 0.4) is 0 Å². The van der Waals surface area contributed by atoms with Crippen molar-refractivity contribution < 1.29 is 0 Å². The number of rotatable bonds is 2. The molecule has 0 saturated carbocycles. The highest BCUT2D eigenvalue weighted by atomic mass is 32.1. The predicted octanol–water partition coefficient (Wildman–Crippen LogP) is 0.552. The average molecular weight is 198 g/mol. The van der Waals surface area contributed by atoms with E-state index in [0.717, 1.165) is 0 Å². The van der Waals surface area contributed by atoms with Crippen LogP contribution < -0.4 is 10.6 Å². The van der Waals surface area contributed by atoms with Gasteiger partial charge in [-0.3, -0.25) is 0 Å². The molecule has 2 N–H and O–H groups in total. The number of nitrogens with one attached hydrogen (secondary N) is 2. The maximum absolute atomic E-state index is 4.59. The van der Waals surface area contributed by atoms with Crippen molar-refractivity contribution in [3.63, 3.8) is 0 Å². The smallest absolute Gasteiger partial charge is 0.132 e. The Balaban J connectivity index is 3.10. The standard InChI is InChI=1S/C3H6N2S4/c6-2(7)4-1-5-3(8)9/h1H2,(H2,4,6,7)(H2,5,8,9). The molecule has 0 atom stereocenters. The van der Waals surface area contributed by atoms with Gasteiger partial charge >= 0.3 is 0 Å². The molecule has 0 aliphatic carbocycles. The zero-order valence-corrected chi connectivity index (χ0v) is 7.84. The molecular formula is C3H6N2S4. The molecular weight excluding hydrogens is 192 g/mol. The molecule has 52 valence electrons. The quantitative estimate of drug-likeness (QED) is 0.296. The van der Waals surface area contributed by atoms with Crippen molar-refractivity contribution in [2.24, 2.45) is 0 Å². The van der Waals surface area contributed by atoms with Gasteiger partial charge in [-0.15, -0.1) is 25.3 Å². The van der Waals surface area contributed by atoms with Crippen molar-refractivity contribution >= 4 is 58.3 Å². The van der Waals surface area contributed by atoms with Gasteiger partial charge in [0.1, 0.15) is 8.64 Å². The van der Waals surface area contributed by atoms with Gasteiger partial charge in [-0.25, -0.2) is 0 Å². The van der Waals surface area contributed by atoms with Crippen molar-refractivity contribution in [1.82, 2.24) is 10.6 Å². The first-order valence-electron chi connectivity index (χ1n) is 2.06. The molecule has 0 rings (SSSR count). The van der Waals surface area contributed by atoms with E-state index >= 15 is 0 Å². The van der Waals surface area contributed by atoms with E-state index in [0.29, 0.717) is 15.3 Å². The summed E-state index contributed by atoms with van der Waals surface area (Å²) in [5.74, 6) is 0. The highest BCUT2D eigenvalue weighted by Crippen LogP contribution is 1.77. The highest BCUT2D eigenvalue weighted by molar-refractivity contribution is 8.11. The lowest BCUT2D eigenvalue weighted by Gasteiger charge is -2.02. The fraction of sp³-hybridized carbons (Fsp3) is 0.333. The van der Waals surface area contributed by atoms with Crippen molar-refractivity contribution in [2.45, 2.75) is 0 Å². The molecule has 0 aliphatic rings. The van der Waals surface area contributed by atoms with Gasteiger partial charge < -0.3 is 10.6 Å². The zero-order chi connectivity index (χ0) is 7.28. The summed E-state index contributed by atoms with van der Waals surface area (Å²) in [7, 11) is 0. The van der Waals surface area contributed by atoms with E-state index < -0.39 is 0 Å². The summed E-state index contributed by atoms with van der Waals surface area (Å²) >= 11 is 16.8. The van der Waals surface area contributed by atoms with E-state index in [1.165, 1.54) is 0 Å². The van der Waals surface area contributed by atoms with Gasteiger partial charge in [0.2, 0.25) is 0 Å². The average Bonchev–Trinajstić information content (AvgIpc) is 1.63. The van der Waals surface area contributed by atoms with E-state index in [-0.39, 0.29) is 0 Å². The molecule has 0 heterocycles. The lowest BCUT2D eigenvalue weighted by molar-refractivity contribution is 0.862. The summed E-state index contributed by atoms with van der Waals surface area (Å²) in [5.41, 5.74) is 0. The molecule has 0 bridgehead atoms. The molecule has 0 aromatic carbocycles. The monoisotopic (exact) mass is 198 g/mol. The van der Waals surface area contributed by atoms with Crippen molar-refractivity contribution in [3.05, 3.63) is 0 Å². The highest BCUT2D eigenvalue weighted by Gasteiger charge is 1.85. The number of thiol groups is 2. The maximum atomic E-state index is 4.59. The summed E-state index contributed by atoms with van der Waals surface area (Å²) in [5, 5.41) is 5.45. The van der Waals surface area contributed by atoms with Gasteiger partial charge in [-0.2, -0.15) is 0 Å². The fourth-order valence-corrected chi connectivity index (χ4v) is 0.498. The van der Waals surface area contributed by atoms with Crippen LogP contribution in [-0.4, -0.2) is 15.3 Å². The summed E-state index contributed by atoms with van der Waals surface area (Å²) in [4.78, 5) is 0. The van der Waals surface area contributed by atoms with Gasteiger partial charge in [0.05, 0.1) is 6.67 Å². The Bertz CT molecular complexity index is 109. The molecule has 0 saturated heterocycles. The SMILES string of the molecule is S=C(S)NCNC(=S)S. The molecule has 0 amide bonds. The molecule has 0 aromatic heterocycles. The minimum atomic E-state index is 0.437. The first-order valence-corrected chi connectivity index (χ1v) is 3.77. The molecule has 9 heavy (non-hydrogen) atoms. The molecule has 0 aliphatic heterocycles. The Morgan fingerprint density at radius 3 is 1.67 bits per heavy atom. The first kappa shape index (κ1) is 9.48. The van der Waals surface area contributed by atoms with Crippen LogP contribution in [-0.2, 0) is 0 Å². The summed E-state index contributed by atoms with van der Waals surface area (Å²) in [6, 6.07) is 0. The lowest BCUT2D eigenvalue weighted by Crippen LogP contribution is -2.31. The van der Waals surface area contributed by atoms with Crippen LogP contribution in [0.15, 0.2) is 0 Å². The fourth-order valence-electron chi connectivity index (χ4n) is 0.195. The van der Waals surface area contributed by atoms with Crippen LogP contribution in [0.4, 0.5) is 0 Å². The van der Waals surface area contributed by atoms with Crippen molar-refractivity contribution in [3.8, 4) is 0 Å². The second-order valence-electron chi connectivity index (χ2n) is 1.14. The third-order valence-corrected chi connectivity index (χ3v) is 1.08. The van der Waals surface area contributed by atoms with Crippen molar-refractivity contribution in [1.29, 1.82) is 0 Å². The number of hydrogen-bond acceptors (Lipinski definition) is 2. The zero-order valence-electron chi connectivity index (χ0n) is 4.42. The second-order valence-corrected chi connectivity index (χ2v) is 3.46. The van der Waals surface area contributed by atoms with E-state index in [9.17, 15) is 0 Å². The van der Waals surface area contributed by atoms with Crippen LogP contribution in [0, 0.1) is 0 Å². The topological polar surface area (TPSA) is 24.1 Å². The van der Waals surface area contributed by atoms with Crippen LogP contribution in [0.5, 0.6) is 0 Å². The van der Waals surface area contributed by atoms with Crippen LogP contribution >= 0.6 is 49.7 Å². The summed E-state index contributed by atoms with van der Waals surface area (Å²) < 4.78 is 0.874. The molecule has 6 heteroatoms. The Kier molecular flexibility index (Phi) is 5.56. The molecule has 2 nitrogen and oxygen atoms in total. The predicted molar refractivity (Wildman–Crippen MR) is 54.3 cm³/mol. The molecule has 0 spiro atoms. The maximum Gasteiger partial charge on any atom is 0.132 e. The normalized spacial score (nSPS) is 8.22. The van der Waals surface area contributed by atoms with Gasteiger partial charge in [-0.1, -0.05) is 24.4 Å². The van der Waals surface area contributed by atoms with Crippen LogP contribution in [0.2, 0.25) is 0 Å². The van der Waals surface area contributed by atoms with Gasteiger partial charge in [-0.05, 0) is 0 Å². The molecule has 0 unspecified atom stereocenters. The summed E-state index contributed by atoms with van der Waals surface area (Å²) in [6.45, 7) is 0.477. The second kappa shape index (κ2) is 5.28. The minimum absolute atomic E-state index is 0.437. The molecule has 0 radical (unpaired) electrons. The summed E-state index contributed by atoms with van der Waals surface area (Å²) in [6.07, 6.45) is 0. The number of hydrogen-bond donors (Lipinski definition) is 4. The van der Waals surface area contributed by atoms with Gasteiger partial charge in [0.25, 0.3) is 0 Å². The largest absolute Gasteiger partial charge is 0.354 e. The van der Waals surface area contributed by atoms with E-state index in [2.05, 4.69) is 60.3 Å². The van der Waals surface area contributed by atoms with Crippen LogP contribution in [0.1, 0.15) is 0 Å². The van der Waals surface area contributed by atoms with E-state index in [1.807, 2.05) is 0 Å². The molecule has 0 aromatic rings. The lowest BCUT2D eigenvalue weighted by atomic mass is 11.0.